The van der Waals surface area contributed by atoms with E-state index in [4.69, 9.17) is 5.73 Å². The number of hydrogen-bond donors (Lipinski definition) is 1. The first-order valence-corrected chi connectivity index (χ1v) is 4.94. The Hall–Kier alpha value is -1.23. The maximum Gasteiger partial charge on any atom is 0.203 e. The molecule has 0 radical (unpaired) electrons. The van der Waals surface area contributed by atoms with Gasteiger partial charge in [-0.15, -0.1) is 0 Å². The number of hydrogen-bond acceptors (Lipinski definition) is 2. The summed E-state index contributed by atoms with van der Waals surface area (Å²) in [6, 6.07) is 0.855. The lowest BCUT2D eigenvalue weighted by molar-refractivity contribution is 0.342. The molecule has 0 bridgehead atoms. The first-order chi connectivity index (χ1) is 7.52. The SMILES string of the molecule is COc1c(F)c(F)cc(C(C)CCN)c1F. The van der Waals surface area contributed by atoms with Gasteiger partial charge in [0, 0.05) is 0 Å². The minimum absolute atomic E-state index is 0.0844. The van der Waals surface area contributed by atoms with Gasteiger partial charge in [-0.3, -0.25) is 0 Å². The standard InChI is InChI=1S/C11H14F3NO/c1-6(3-4-15)7-5-8(12)10(14)11(16-2)9(7)13/h5-6H,3-4,15H2,1-2H3. The summed E-state index contributed by atoms with van der Waals surface area (Å²) in [5.74, 6) is -4.24. The largest absolute Gasteiger partial charge is 0.491 e. The van der Waals surface area contributed by atoms with E-state index in [1.807, 2.05) is 0 Å². The van der Waals surface area contributed by atoms with Crippen LogP contribution >= 0.6 is 0 Å². The van der Waals surface area contributed by atoms with E-state index in [9.17, 15) is 13.2 Å². The molecule has 1 atom stereocenters. The Kier molecular flexibility index (Phi) is 4.18. The summed E-state index contributed by atoms with van der Waals surface area (Å²) in [7, 11) is 1.10. The van der Waals surface area contributed by atoms with Crippen LogP contribution in [0.1, 0.15) is 24.8 Å². The van der Waals surface area contributed by atoms with Crippen LogP contribution in [-0.2, 0) is 0 Å². The lowest BCUT2D eigenvalue weighted by Crippen LogP contribution is -2.08. The Balaban J connectivity index is 3.25. The van der Waals surface area contributed by atoms with Gasteiger partial charge in [-0.05, 0) is 30.5 Å². The van der Waals surface area contributed by atoms with E-state index in [0.29, 0.717) is 13.0 Å². The van der Waals surface area contributed by atoms with Crippen LogP contribution in [0.2, 0.25) is 0 Å². The molecule has 1 aromatic carbocycles. The first kappa shape index (κ1) is 12.8. The molecule has 1 aromatic rings. The Morgan fingerprint density at radius 3 is 2.44 bits per heavy atom. The van der Waals surface area contributed by atoms with E-state index < -0.39 is 23.2 Å². The summed E-state index contributed by atoms with van der Waals surface area (Å²) < 4.78 is 44.5. The quantitative estimate of drug-likeness (QED) is 0.811. The average molecular weight is 233 g/mol. The first-order valence-electron chi connectivity index (χ1n) is 4.94. The predicted molar refractivity (Wildman–Crippen MR) is 55.0 cm³/mol. The second kappa shape index (κ2) is 5.21. The Bertz CT molecular complexity index is 382. The van der Waals surface area contributed by atoms with E-state index in [-0.39, 0.29) is 11.5 Å². The molecular weight excluding hydrogens is 219 g/mol. The molecule has 0 spiro atoms. The normalized spacial score (nSPS) is 12.6. The van der Waals surface area contributed by atoms with Crippen LogP contribution < -0.4 is 10.5 Å². The van der Waals surface area contributed by atoms with Gasteiger partial charge in [0.1, 0.15) is 0 Å². The second-order valence-electron chi connectivity index (χ2n) is 3.59. The minimum atomic E-state index is -1.30. The van der Waals surface area contributed by atoms with Crippen molar-refractivity contribution in [2.45, 2.75) is 19.3 Å². The van der Waals surface area contributed by atoms with E-state index >= 15 is 0 Å². The van der Waals surface area contributed by atoms with Crippen molar-refractivity contribution in [2.75, 3.05) is 13.7 Å². The summed E-state index contributed by atoms with van der Waals surface area (Å²) >= 11 is 0. The summed E-state index contributed by atoms with van der Waals surface area (Å²) in [5, 5.41) is 0. The topological polar surface area (TPSA) is 35.2 Å². The molecule has 0 aliphatic carbocycles. The van der Waals surface area contributed by atoms with Crippen molar-refractivity contribution in [1.82, 2.24) is 0 Å². The molecule has 0 fully saturated rings. The van der Waals surface area contributed by atoms with E-state index in [2.05, 4.69) is 4.74 Å². The number of halogens is 3. The number of ether oxygens (including phenoxy) is 1. The van der Waals surface area contributed by atoms with Crippen LogP contribution in [0, 0.1) is 17.5 Å². The molecule has 0 saturated heterocycles. The van der Waals surface area contributed by atoms with E-state index in [0.717, 1.165) is 13.2 Å². The van der Waals surface area contributed by atoms with Crippen LogP contribution in [0.15, 0.2) is 6.07 Å². The molecule has 1 rings (SSSR count). The number of benzene rings is 1. The Labute approximate surface area is 92.2 Å². The summed E-state index contributed by atoms with van der Waals surface area (Å²) in [4.78, 5) is 0. The molecule has 1 unspecified atom stereocenters. The van der Waals surface area contributed by atoms with Crippen molar-refractivity contribution in [1.29, 1.82) is 0 Å². The van der Waals surface area contributed by atoms with Crippen LogP contribution in [0.4, 0.5) is 13.2 Å². The maximum atomic E-state index is 13.7. The van der Waals surface area contributed by atoms with Crippen molar-refractivity contribution >= 4 is 0 Å². The molecule has 2 nitrogen and oxygen atoms in total. The average Bonchev–Trinajstić information content (AvgIpc) is 2.24. The molecule has 16 heavy (non-hydrogen) atoms. The van der Waals surface area contributed by atoms with Gasteiger partial charge in [0.25, 0.3) is 0 Å². The Morgan fingerprint density at radius 1 is 1.31 bits per heavy atom. The lowest BCUT2D eigenvalue weighted by atomic mass is 9.96. The van der Waals surface area contributed by atoms with Crippen molar-refractivity contribution in [2.24, 2.45) is 5.73 Å². The zero-order valence-corrected chi connectivity index (χ0v) is 9.19. The monoisotopic (exact) mass is 233 g/mol. The van der Waals surface area contributed by atoms with E-state index in [1.54, 1.807) is 6.92 Å². The predicted octanol–water partition coefficient (Wildman–Crippen LogP) is 2.56. The van der Waals surface area contributed by atoms with Gasteiger partial charge in [0.2, 0.25) is 5.82 Å². The molecule has 5 heteroatoms. The minimum Gasteiger partial charge on any atom is -0.491 e. The van der Waals surface area contributed by atoms with Gasteiger partial charge in [-0.1, -0.05) is 6.92 Å². The highest BCUT2D eigenvalue weighted by Crippen LogP contribution is 2.31. The highest BCUT2D eigenvalue weighted by Gasteiger charge is 2.22. The fraction of sp³-hybridized carbons (Fsp3) is 0.455. The van der Waals surface area contributed by atoms with Gasteiger partial charge in [-0.25, -0.2) is 8.78 Å². The maximum absolute atomic E-state index is 13.7. The van der Waals surface area contributed by atoms with Gasteiger partial charge in [-0.2, -0.15) is 4.39 Å². The zero-order chi connectivity index (χ0) is 12.3. The third-order valence-electron chi connectivity index (χ3n) is 2.48. The molecule has 90 valence electrons. The van der Waals surface area contributed by atoms with Gasteiger partial charge in [0.15, 0.2) is 17.4 Å². The van der Waals surface area contributed by atoms with Crippen LogP contribution in [0.25, 0.3) is 0 Å². The molecule has 0 aromatic heterocycles. The fourth-order valence-electron chi connectivity index (χ4n) is 1.54. The third-order valence-corrected chi connectivity index (χ3v) is 2.48. The molecule has 0 heterocycles. The number of rotatable bonds is 4. The molecule has 0 aliphatic heterocycles. The van der Waals surface area contributed by atoms with Crippen molar-refractivity contribution in [3.05, 3.63) is 29.1 Å². The molecule has 0 aliphatic rings. The van der Waals surface area contributed by atoms with Crippen LogP contribution in [-0.4, -0.2) is 13.7 Å². The van der Waals surface area contributed by atoms with Crippen molar-refractivity contribution in [3.8, 4) is 5.75 Å². The molecule has 0 saturated carbocycles. The highest BCUT2D eigenvalue weighted by atomic mass is 19.2. The molecular formula is C11H14F3NO. The summed E-state index contributed by atoms with van der Waals surface area (Å²) in [5.41, 5.74) is 5.42. The number of methoxy groups -OCH3 is 1. The van der Waals surface area contributed by atoms with Crippen molar-refractivity contribution in [3.63, 3.8) is 0 Å². The van der Waals surface area contributed by atoms with Crippen molar-refractivity contribution < 1.29 is 17.9 Å². The smallest absolute Gasteiger partial charge is 0.203 e. The summed E-state index contributed by atoms with van der Waals surface area (Å²) in [6.07, 6.45) is 0.491. The lowest BCUT2D eigenvalue weighted by Gasteiger charge is -2.14. The molecule has 2 N–H and O–H groups in total. The van der Waals surface area contributed by atoms with Gasteiger partial charge < -0.3 is 10.5 Å². The number of nitrogens with two attached hydrogens (primary N) is 1. The Morgan fingerprint density at radius 2 is 1.94 bits per heavy atom. The third kappa shape index (κ3) is 2.29. The second-order valence-corrected chi connectivity index (χ2v) is 3.59. The van der Waals surface area contributed by atoms with Crippen LogP contribution in [0.5, 0.6) is 5.75 Å². The van der Waals surface area contributed by atoms with Gasteiger partial charge >= 0.3 is 0 Å². The highest BCUT2D eigenvalue weighted by molar-refractivity contribution is 5.35. The molecule has 0 amide bonds. The zero-order valence-electron chi connectivity index (χ0n) is 9.19. The summed E-state index contributed by atoms with van der Waals surface area (Å²) in [6.45, 7) is 2.05. The van der Waals surface area contributed by atoms with Gasteiger partial charge in [0.05, 0.1) is 7.11 Å². The fourth-order valence-corrected chi connectivity index (χ4v) is 1.54. The van der Waals surface area contributed by atoms with Crippen LogP contribution in [0.3, 0.4) is 0 Å². The van der Waals surface area contributed by atoms with E-state index in [1.165, 1.54) is 0 Å².